The second-order valence-corrected chi connectivity index (χ2v) is 3.82. The van der Waals surface area contributed by atoms with Gasteiger partial charge in [-0.25, -0.2) is 4.79 Å². The van der Waals surface area contributed by atoms with E-state index in [1.807, 2.05) is 13.8 Å². The van der Waals surface area contributed by atoms with Gasteiger partial charge >= 0.3 is 5.97 Å². The van der Waals surface area contributed by atoms with E-state index in [4.69, 9.17) is 0 Å². The minimum Gasteiger partial charge on any atom is -0.467 e. The van der Waals surface area contributed by atoms with Crippen molar-refractivity contribution in [2.75, 3.05) is 14.2 Å². The predicted molar refractivity (Wildman–Crippen MR) is 58.2 cm³/mol. The van der Waals surface area contributed by atoms with E-state index in [2.05, 4.69) is 11.3 Å². The van der Waals surface area contributed by atoms with Crippen molar-refractivity contribution in [2.45, 2.75) is 26.3 Å². The highest BCUT2D eigenvalue weighted by molar-refractivity contribution is 5.90. The number of hydrogen-bond acceptors (Lipinski definition) is 3. The van der Waals surface area contributed by atoms with Gasteiger partial charge in [-0.3, -0.25) is 4.79 Å². The van der Waals surface area contributed by atoms with Crippen LogP contribution < -0.4 is 0 Å². The lowest BCUT2D eigenvalue weighted by atomic mass is 10.0. The van der Waals surface area contributed by atoms with Crippen molar-refractivity contribution in [3.8, 4) is 0 Å². The quantitative estimate of drug-likeness (QED) is 0.509. The molecule has 0 fully saturated rings. The van der Waals surface area contributed by atoms with Gasteiger partial charge in [0, 0.05) is 7.05 Å². The number of nitrogens with zero attached hydrogens (tertiary/aromatic N) is 1. The average molecular weight is 213 g/mol. The fourth-order valence-corrected chi connectivity index (χ4v) is 1.29. The molecule has 0 N–H and O–H groups in total. The molecule has 4 heteroatoms. The van der Waals surface area contributed by atoms with E-state index in [1.165, 1.54) is 18.1 Å². The Morgan fingerprint density at radius 1 is 1.47 bits per heavy atom. The summed E-state index contributed by atoms with van der Waals surface area (Å²) in [7, 11) is 2.90. The molecule has 0 saturated carbocycles. The molecule has 15 heavy (non-hydrogen) atoms. The Labute approximate surface area is 90.9 Å². The van der Waals surface area contributed by atoms with Gasteiger partial charge in [0.1, 0.15) is 6.04 Å². The Kier molecular flexibility index (Phi) is 5.67. The van der Waals surface area contributed by atoms with E-state index >= 15 is 0 Å². The zero-order valence-corrected chi connectivity index (χ0v) is 9.82. The van der Waals surface area contributed by atoms with Crippen molar-refractivity contribution >= 4 is 11.9 Å². The van der Waals surface area contributed by atoms with Gasteiger partial charge < -0.3 is 9.64 Å². The molecule has 0 aromatic rings. The van der Waals surface area contributed by atoms with Crippen LogP contribution in [0.15, 0.2) is 12.7 Å². The molecule has 0 saturated heterocycles. The molecule has 0 aliphatic heterocycles. The molecule has 86 valence electrons. The highest BCUT2D eigenvalue weighted by Gasteiger charge is 2.27. The second kappa shape index (κ2) is 6.22. The molecule has 0 radical (unpaired) electrons. The maximum absolute atomic E-state index is 11.5. The van der Waals surface area contributed by atoms with Crippen LogP contribution in [0, 0.1) is 5.92 Å². The van der Waals surface area contributed by atoms with Crippen LogP contribution in [-0.2, 0) is 14.3 Å². The van der Waals surface area contributed by atoms with Crippen molar-refractivity contribution < 1.29 is 14.3 Å². The summed E-state index contributed by atoms with van der Waals surface area (Å²) in [4.78, 5) is 24.2. The number of methoxy groups -OCH3 is 1. The molecule has 4 nitrogen and oxygen atoms in total. The summed E-state index contributed by atoms with van der Waals surface area (Å²) in [6.07, 6.45) is 1.78. The lowest BCUT2D eigenvalue weighted by molar-refractivity contribution is -0.151. The summed E-state index contributed by atoms with van der Waals surface area (Å²) < 4.78 is 4.66. The van der Waals surface area contributed by atoms with Crippen molar-refractivity contribution in [1.82, 2.24) is 4.90 Å². The van der Waals surface area contributed by atoms with Gasteiger partial charge in [-0.1, -0.05) is 20.4 Å². The third-order valence-electron chi connectivity index (χ3n) is 2.16. The first-order chi connectivity index (χ1) is 6.93. The monoisotopic (exact) mass is 213 g/mol. The number of carbonyl (C=O) groups excluding carboxylic acids is 2. The van der Waals surface area contributed by atoms with Crippen molar-refractivity contribution in [3.63, 3.8) is 0 Å². The molecule has 0 unspecified atom stereocenters. The molecule has 0 aromatic heterocycles. The smallest absolute Gasteiger partial charge is 0.328 e. The van der Waals surface area contributed by atoms with Crippen LogP contribution in [0.2, 0.25) is 0 Å². The maximum atomic E-state index is 11.5. The molecule has 1 amide bonds. The lowest BCUT2D eigenvalue weighted by Gasteiger charge is -2.26. The molecular formula is C11H19NO3. The highest BCUT2D eigenvalue weighted by atomic mass is 16.5. The first kappa shape index (κ1) is 13.7. The molecule has 0 aliphatic carbocycles. The highest BCUT2D eigenvalue weighted by Crippen LogP contribution is 2.12. The van der Waals surface area contributed by atoms with Crippen LogP contribution in [-0.4, -0.2) is 37.0 Å². The molecule has 0 bridgehead atoms. The summed E-state index contributed by atoms with van der Waals surface area (Å²) >= 11 is 0. The summed E-state index contributed by atoms with van der Waals surface area (Å²) in [5.74, 6) is -0.346. The third-order valence-corrected chi connectivity index (χ3v) is 2.16. The normalized spacial score (nSPS) is 12.1. The van der Waals surface area contributed by atoms with Crippen molar-refractivity contribution in [2.24, 2.45) is 5.92 Å². The molecule has 0 rings (SSSR count). The van der Waals surface area contributed by atoms with Gasteiger partial charge in [0.05, 0.1) is 7.11 Å². The topological polar surface area (TPSA) is 46.6 Å². The number of ether oxygens (including phenoxy) is 1. The van der Waals surface area contributed by atoms with E-state index in [1.54, 1.807) is 7.05 Å². The SMILES string of the molecule is C=CC(=O)N(C)[C@@H](CC(C)C)C(=O)OC. The zero-order chi connectivity index (χ0) is 12.0. The Morgan fingerprint density at radius 2 is 2.00 bits per heavy atom. The minimum atomic E-state index is -0.527. The number of carbonyl (C=O) groups is 2. The Morgan fingerprint density at radius 3 is 2.33 bits per heavy atom. The minimum absolute atomic E-state index is 0.272. The summed E-state index contributed by atoms with van der Waals surface area (Å²) in [6, 6.07) is -0.527. The number of likely N-dealkylation sites (N-methyl/N-ethyl adjacent to an activating group) is 1. The van der Waals surface area contributed by atoms with Gasteiger partial charge in [-0.05, 0) is 18.4 Å². The van der Waals surface area contributed by atoms with Crippen LogP contribution in [0.25, 0.3) is 0 Å². The Balaban J connectivity index is 4.68. The molecule has 0 heterocycles. The van der Waals surface area contributed by atoms with Crippen LogP contribution in [0.4, 0.5) is 0 Å². The van der Waals surface area contributed by atoms with E-state index in [-0.39, 0.29) is 11.9 Å². The van der Waals surface area contributed by atoms with Gasteiger partial charge in [-0.2, -0.15) is 0 Å². The fraction of sp³-hybridized carbons (Fsp3) is 0.636. The van der Waals surface area contributed by atoms with Crippen LogP contribution >= 0.6 is 0 Å². The zero-order valence-electron chi connectivity index (χ0n) is 9.82. The Hall–Kier alpha value is -1.32. The molecule has 0 aliphatic rings. The molecular weight excluding hydrogens is 194 g/mol. The fourth-order valence-electron chi connectivity index (χ4n) is 1.29. The summed E-state index contributed by atoms with van der Waals surface area (Å²) in [5, 5.41) is 0. The van der Waals surface area contributed by atoms with E-state index < -0.39 is 6.04 Å². The number of rotatable bonds is 5. The summed E-state index contributed by atoms with van der Waals surface area (Å²) in [6.45, 7) is 7.36. The first-order valence-electron chi connectivity index (χ1n) is 4.91. The number of hydrogen-bond donors (Lipinski definition) is 0. The molecule has 1 atom stereocenters. The lowest BCUT2D eigenvalue weighted by Crippen LogP contribution is -2.43. The average Bonchev–Trinajstić information content (AvgIpc) is 2.22. The Bertz CT molecular complexity index is 248. The standard InChI is InChI=1S/C11H19NO3/c1-6-10(13)12(4)9(7-8(2)3)11(14)15-5/h6,8-9H,1,7H2,2-5H3/t9-/m0/s1. The predicted octanol–water partition coefficient (Wildman–Crippen LogP) is 1.22. The largest absolute Gasteiger partial charge is 0.467 e. The molecule has 0 aromatic carbocycles. The van der Waals surface area contributed by atoms with E-state index in [9.17, 15) is 9.59 Å². The third kappa shape index (κ3) is 4.14. The van der Waals surface area contributed by atoms with Crippen molar-refractivity contribution in [3.05, 3.63) is 12.7 Å². The van der Waals surface area contributed by atoms with Gasteiger partial charge in [-0.15, -0.1) is 0 Å². The van der Waals surface area contributed by atoms with Gasteiger partial charge in [0.25, 0.3) is 0 Å². The van der Waals surface area contributed by atoms with E-state index in [0.717, 1.165) is 0 Å². The van der Waals surface area contributed by atoms with E-state index in [0.29, 0.717) is 12.3 Å². The van der Waals surface area contributed by atoms with Crippen LogP contribution in [0.5, 0.6) is 0 Å². The van der Waals surface area contributed by atoms with Crippen LogP contribution in [0.1, 0.15) is 20.3 Å². The molecule has 0 spiro atoms. The van der Waals surface area contributed by atoms with Gasteiger partial charge in [0.15, 0.2) is 0 Å². The van der Waals surface area contributed by atoms with Crippen molar-refractivity contribution in [1.29, 1.82) is 0 Å². The first-order valence-corrected chi connectivity index (χ1v) is 4.91. The maximum Gasteiger partial charge on any atom is 0.328 e. The number of esters is 1. The number of amides is 1. The van der Waals surface area contributed by atoms with Gasteiger partial charge in [0.2, 0.25) is 5.91 Å². The summed E-state index contributed by atoms with van der Waals surface area (Å²) in [5.41, 5.74) is 0. The second-order valence-electron chi connectivity index (χ2n) is 3.82. The van der Waals surface area contributed by atoms with Crippen LogP contribution in [0.3, 0.4) is 0 Å².